The molecule has 154 valence electrons. The van der Waals surface area contributed by atoms with Gasteiger partial charge in [-0.1, -0.05) is 13.8 Å². The monoisotopic (exact) mass is 421 g/mol. The summed E-state index contributed by atoms with van der Waals surface area (Å²) in [4.78, 5) is 9.03. The lowest BCUT2D eigenvalue weighted by Gasteiger charge is -2.18. The average Bonchev–Trinajstić information content (AvgIpc) is 3.14. The summed E-state index contributed by atoms with van der Waals surface area (Å²) in [5, 5.41) is 13.5. The second-order valence-electron chi connectivity index (χ2n) is 7.77. The van der Waals surface area contributed by atoms with Crippen molar-refractivity contribution in [1.82, 2.24) is 19.6 Å². The third kappa shape index (κ3) is 3.52. The molecule has 0 aliphatic heterocycles. The van der Waals surface area contributed by atoms with Crippen LogP contribution in [0.3, 0.4) is 0 Å². The van der Waals surface area contributed by atoms with Gasteiger partial charge in [-0.15, -0.1) is 0 Å². The van der Waals surface area contributed by atoms with Gasteiger partial charge in [0.2, 0.25) is 0 Å². The molecule has 0 saturated heterocycles. The smallest absolute Gasteiger partial charge is 0.169 e. The van der Waals surface area contributed by atoms with Gasteiger partial charge >= 0.3 is 0 Å². The van der Waals surface area contributed by atoms with Crippen molar-refractivity contribution in [3.05, 3.63) is 48.0 Å². The van der Waals surface area contributed by atoms with E-state index in [0.29, 0.717) is 22.5 Å². The Morgan fingerprint density at radius 1 is 1.23 bits per heavy atom. The van der Waals surface area contributed by atoms with Crippen LogP contribution in [0.2, 0.25) is 0 Å². The molecule has 0 amide bonds. The highest BCUT2D eigenvalue weighted by Gasteiger charge is 2.20. The van der Waals surface area contributed by atoms with Crippen LogP contribution in [-0.2, 0) is 9.73 Å². The number of hydrogen-bond donors (Lipinski definition) is 2. The molecule has 4 aromatic rings. The van der Waals surface area contributed by atoms with Crippen molar-refractivity contribution in [2.24, 2.45) is 4.36 Å². The number of pyridine rings is 2. The van der Waals surface area contributed by atoms with Gasteiger partial charge in [0.05, 0.1) is 5.69 Å². The van der Waals surface area contributed by atoms with Crippen molar-refractivity contribution in [3.8, 4) is 11.1 Å². The molecular formula is C21H23N7OS. The fourth-order valence-electron chi connectivity index (χ4n) is 3.48. The first kappa shape index (κ1) is 20.0. The van der Waals surface area contributed by atoms with E-state index in [2.05, 4.69) is 28.3 Å². The SMILES string of the molecule is CC(C)c1nc(N=S(C)(C)=O)c2cc(N)c(C=N)cc2c1-c1ccc2ncnn2c1. The van der Waals surface area contributed by atoms with Crippen molar-refractivity contribution in [3.63, 3.8) is 0 Å². The lowest BCUT2D eigenvalue weighted by molar-refractivity contribution is 0.684. The Balaban J connectivity index is 2.19. The van der Waals surface area contributed by atoms with E-state index in [9.17, 15) is 4.21 Å². The Morgan fingerprint density at radius 3 is 2.67 bits per heavy atom. The first-order chi connectivity index (χ1) is 14.2. The Hall–Kier alpha value is -3.33. The zero-order valence-electron chi connectivity index (χ0n) is 17.2. The van der Waals surface area contributed by atoms with Crippen LogP contribution in [0.5, 0.6) is 0 Å². The second-order valence-corrected chi connectivity index (χ2v) is 10.3. The van der Waals surface area contributed by atoms with E-state index in [1.165, 1.54) is 12.5 Å². The van der Waals surface area contributed by atoms with E-state index in [0.717, 1.165) is 27.9 Å². The quantitative estimate of drug-likeness (QED) is 0.381. The van der Waals surface area contributed by atoms with Gasteiger partial charge in [0.1, 0.15) is 6.33 Å². The van der Waals surface area contributed by atoms with E-state index < -0.39 is 9.73 Å². The molecule has 4 rings (SSSR count). The number of nitrogen functional groups attached to an aromatic ring is 1. The summed E-state index contributed by atoms with van der Waals surface area (Å²) in [6.07, 6.45) is 7.81. The van der Waals surface area contributed by atoms with Crippen LogP contribution in [0.4, 0.5) is 11.5 Å². The minimum atomic E-state index is -2.43. The van der Waals surface area contributed by atoms with E-state index >= 15 is 0 Å². The van der Waals surface area contributed by atoms with Gasteiger partial charge in [-0.05, 0) is 35.6 Å². The number of anilines is 1. The molecule has 9 heteroatoms. The van der Waals surface area contributed by atoms with E-state index in [4.69, 9.17) is 16.1 Å². The van der Waals surface area contributed by atoms with Crippen LogP contribution in [0, 0.1) is 5.41 Å². The molecule has 0 atom stereocenters. The maximum absolute atomic E-state index is 12.5. The number of aromatic nitrogens is 4. The lowest BCUT2D eigenvalue weighted by Crippen LogP contribution is -2.03. The van der Waals surface area contributed by atoms with Gasteiger partial charge in [0.15, 0.2) is 11.5 Å². The topological polar surface area (TPSA) is 122 Å². The largest absolute Gasteiger partial charge is 0.398 e. The number of rotatable bonds is 4. The fraction of sp³-hybridized carbons (Fsp3) is 0.238. The van der Waals surface area contributed by atoms with Gasteiger partial charge in [0, 0.05) is 62.4 Å². The van der Waals surface area contributed by atoms with Crippen molar-refractivity contribution in [2.45, 2.75) is 19.8 Å². The standard InChI is InChI=1S/C21H23N7OS/c1-12(2)20-19(13-5-6-18-24-11-25-28(18)10-13)15-7-14(9-22)17(23)8-16(15)21(26-20)27-30(3,4)29/h5-12,22H,23H2,1-4H3. The lowest BCUT2D eigenvalue weighted by atomic mass is 9.92. The summed E-state index contributed by atoms with van der Waals surface area (Å²) >= 11 is 0. The maximum atomic E-state index is 12.5. The van der Waals surface area contributed by atoms with Gasteiger partial charge in [-0.3, -0.25) is 0 Å². The van der Waals surface area contributed by atoms with Crippen LogP contribution in [-0.4, -0.2) is 42.5 Å². The minimum Gasteiger partial charge on any atom is -0.398 e. The van der Waals surface area contributed by atoms with Crippen LogP contribution in [0.1, 0.15) is 31.0 Å². The molecule has 0 radical (unpaired) electrons. The fourth-order valence-corrected chi connectivity index (χ4v) is 4.04. The molecular weight excluding hydrogens is 398 g/mol. The summed E-state index contributed by atoms with van der Waals surface area (Å²) in [6, 6.07) is 7.51. The Labute approximate surface area is 174 Å². The molecule has 3 aromatic heterocycles. The molecule has 0 bridgehead atoms. The number of benzene rings is 1. The highest BCUT2D eigenvalue weighted by Crippen LogP contribution is 2.40. The maximum Gasteiger partial charge on any atom is 0.169 e. The van der Waals surface area contributed by atoms with Gasteiger partial charge in [-0.25, -0.2) is 18.7 Å². The molecule has 0 fully saturated rings. The number of nitrogens with one attached hydrogen (secondary N) is 1. The van der Waals surface area contributed by atoms with Crippen LogP contribution >= 0.6 is 0 Å². The Bertz CT molecular complexity index is 1420. The highest BCUT2D eigenvalue weighted by atomic mass is 32.2. The first-order valence-corrected chi connectivity index (χ1v) is 11.8. The molecule has 8 nitrogen and oxygen atoms in total. The molecule has 1 aromatic carbocycles. The van der Waals surface area contributed by atoms with Crippen molar-refractivity contribution >= 4 is 43.9 Å². The van der Waals surface area contributed by atoms with E-state index in [-0.39, 0.29) is 5.92 Å². The average molecular weight is 422 g/mol. The Kier molecular flexibility index (Phi) is 4.77. The van der Waals surface area contributed by atoms with Gasteiger partial charge in [-0.2, -0.15) is 9.46 Å². The van der Waals surface area contributed by atoms with Gasteiger partial charge in [0.25, 0.3) is 0 Å². The zero-order valence-corrected chi connectivity index (χ0v) is 18.1. The predicted octanol–water partition coefficient (Wildman–Crippen LogP) is 4.01. The normalized spacial score (nSPS) is 12.0. The Morgan fingerprint density at radius 2 is 2.00 bits per heavy atom. The third-order valence-corrected chi connectivity index (χ3v) is 5.40. The molecule has 3 heterocycles. The van der Waals surface area contributed by atoms with E-state index in [1.807, 2.05) is 24.4 Å². The summed E-state index contributed by atoms with van der Waals surface area (Å²) in [7, 11) is -2.43. The molecule has 0 spiro atoms. The first-order valence-electron chi connectivity index (χ1n) is 9.42. The molecule has 3 N–H and O–H groups in total. The number of fused-ring (bicyclic) bond motifs is 2. The summed E-state index contributed by atoms with van der Waals surface area (Å²) in [5.74, 6) is 0.480. The van der Waals surface area contributed by atoms with Crippen molar-refractivity contribution in [2.75, 3.05) is 18.2 Å². The van der Waals surface area contributed by atoms with Crippen LogP contribution in [0.25, 0.3) is 27.5 Å². The van der Waals surface area contributed by atoms with E-state index in [1.54, 1.807) is 23.1 Å². The zero-order chi connectivity index (χ0) is 21.6. The highest BCUT2D eigenvalue weighted by molar-refractivity contribution is 7.92. The van der Waals surface area contributed by atoms with Crippen LogP contribution < -0.4 is 5.73 Å². The summed E-state index contributed by atoms with van der Waals surface area (Å²) < 4.78 is 18.6. The predicted molar refractivity (Wildman–Crippen MR) is 122 cm³/mol. The second kappa shape index (κ2) is 7.17. The number of nitrogens with two attached hydrogens (primary N) is 1. The summed E-state index contributed by atoms with van der Waals surface area (Å²) in [5.41, 5.74) is 10.6. The number of hydrogen-bond acceptors (Lipinski definition) is 7. The summed E-state index contributed by atoms with van der Waals surface area (Å²) in [6.45, 7) is 4.11. The number of nitrogens with zero attached hydrogens (tertiary/aromatic N) is 5. The third-order valence-electron chi connectivity index (χ3n) is 4.79. The molecule has 0 aliphatic carbocycles. The van der Waals surface area contributed by atoms with Crippen molar-refractivity contribution < 1.29 is 4.21 Å². The van der Waals surface area contributed by atoms with Crippen molar-refractivity contribution in [1.29, 1.82) is 5.41 Å². The molecule has 0 saturated carbocycles. The molecule has 0 unspecified atom stereocenters. The van der Waals surface area contributed by atoms with Crippen LogP contribution in [0.15, 0.2) is 41.2 Å². The molecule has 0 aliphatic rings. The minimum absolute atomic E-state index is 0.0792. The van der Waals surface area contributed by atoms with Gasteiger partial charge < -0.3 is 11.1 Å². The molecule has 30 heavy (non-hydrogen) atoms.